The molecule has 0 aromatic heterocycles. The average molecular weight is 109 g/mol. The van der Waals surface area contributed by atoms with Crippen LogP contribution in [-0.4, -0.2) is 6.61 Å². The summed E-state index contributed by atoms with van der Waals surface area (Å²) in [7, 11) is 0. The zero-order chi connectivity index (χ0) is 4.83. The molecule has 0 saturated heterocycles. The molecule has 0 bridgehead atoms. The summed E-state index contributed by atoms with van der Waals surface area (Å²) in [6, 6.07) is 0. The Hall–Kier alpha value is 0.230. The van der Waals surface area contributed by atoms with E-state index in [1.54, 1.807) is 0 Å². The van der Waals surface area contributed by atoms with Gasteiger partial charge in [0.1, 0.15) is 0 Å². The van der Waals surface area contributed by atoms with Crippen LogP contribution in [0.3, 0.4) is 0 Å². The van der Waals surface area contributed by atoms with Gasteiger partial charge in [-0.05, 0) is 6.92 Å². The van der Waals surface area contributed by atoms with E-state index in [-0.39, 0.29) is 0 Å². The second-order valence-electron chi connectivity index (χ2n) is 0.608. The van der Waals surface area contributed by atoms with E-state index < -0.39 is 0 Å². The van der Waals surface area contributed by atoms with E-state index >= 15 is 0 Å². The fourth-order valence-corrected chi connectivity index (χ4v) is 0.138. The molecule has 0 aromatic rings. The van der Waals surface area contributed by atoms with Crippen LogP contribution in [0.25, 0.3) is 0 Å². The predicted octanol–water partition coefficient (Wildman–Crippen LogP) is 0.304. The van der Waals surface area contributed by atoms with Crippen LogP contribution in [0.4, 0.5) is 0 Å². The first-order valence-corrected chi connectivity index (χ1v) is 1.95. The average Bonchev–Trinajstić information content (AvgIpc) is 1.61. The lowest BCUT2D eigenvalue weighted by Crippen LogP contribution is -2.08. The molecule has 0 aliphatic heterocycles. The van der Waals surface area contributed by atoms with Gasteiger partial charge < -0.3 is 0 Å². The van der Waals surface area contributed by atoms with Crippen molar-refractivity contribution in [3.05, 3.63) is 0 Å². The second kappa shape index (κ2) is 5.23. The maximum atomic E-state index is 4.43. The smallest absolute Gasteiger partial charge is 0.0681 e. The van der Waals surface area contributed by atoms with E-state index in [0.29, 0.717) is 6.61 Å². The topological polar surface area (TPSA) is 30.5 Å². The van der Waals surface area contributed by atoms with Gasteiger partial charge in [0, 0.05) is 12.9 Å². The molecule has 6 heavy (non-hydrogen) atoms. The minimum Gasteiger partial charge on any atom is -0.276 e. The number of hydrogen-bond acceptors (Lipinski definition) is 4. The Bertz CT molecular complexity index is 23.5. The van der Waals surface area contributed by atoms with Gasteiger partial charge in [-0.2, -0.15) is 0 Å². The molecule has 0 heterocycles. The molecule has 4 heteroatoms. The van der Waals surface area contributed by atoms with Gasteiger partial charge in [0.15, 0.2) is 0 Å². The van der Waals surface area contributed by atoms with Crippen molar-refractivity contribution in [3.8, 4) is 0 Å². The highest BCUT2D eigenvalue weighted by Gasteiger charge is 1.69. The van der Waals surface area contributed by atoms with Crippen LogP contribution in [0, 0.1) is 0 Å². The molecular weight excluding hydrogens is 102 g/mol. The van der Waals surface area contributed by atoms with Gasteiger partial charge >= 0.3 is 0 Å². The van der Waals surface area contributed by atoms with E-state index in [9.17, 15) is 0 Å². The summed E-state index contributed by atoms with van der Waals surface area (Å²) in [6.07, 6.45) is 0. The summed E-state index contributed by atoms with van der Waals surface area (Å²) in [4.78, 5) is 4.43. The number of thiol groups is 1. The molecule has 0 rings (SSSR count). The highest BCUT2D eigenvalue weighted by molar-refractivity contribution is 7.75. The molecule has 0 aliphatic carbocycles. The fraction of sp³-hybridized carbons (Fsp3) is 1.00. The quantitative estimate of drug-likeness (QED) is 0.236. The van der Waals surface area contributed by atoms with Gasteiger partial charge in [0.2, 0.25) is 0 Å². The van der Waals surface area contributed by atoms with Crippen molar-refractivity contribution in [2.45, 2.75) is 6.92 Å². The maximum absolute atomic E-state index is 4.43. The van der Waals surface area contributed by atoms with Gasteiger partial charge in [0.05, 0.1) is 6.61 Å². The Morgan fingerprint density at radius 1 is 1.83 bits per heavy atom. The van der Waals surface area contributed by atoms with Crippen molar-refractivity contribution in [1.82, 2.24) is 5.64 Å². The molecule has 1 N–H and O–H groups in total. The van der Waals surface area contributed by atoms with Crippen molar-refractivity contribution in [2.24, 2.45) is 0 Å². The van der Waals surface area contributed by atoms with E-state index in [0.717, 1.165) is 0 Å². The third kappa shape index (κ3) is 4.23. The predicted molar refractivity (Wildman–Crippen MR) is 24.8 cm³/mol. The van der Waals surface area contributed by atoms with Crippen LogP contribution < -0.4 is 5.64 Å². The molecule has 0 aromatic carbocycles. The summed E-state index contributed by atoms with van der Waals surface area (Å²) in [5.74, 6) is 0. The fourth-order valence-electron chi connectivity index (χ4n) is 0.0853. The van der Waals surface area contributed by atoms with Crippen LogP contribution in [0.5, 0.6) is 0 Å². The molecule has 38 valence electrons. The molecule has 0 saturated carbocycles. The molecule has 0 atom stereocenters. The standard InChI is InChI=1S/C2H7NO2S/c1-2-4-3-5-6/h3,6H,2H2,1H3. The molecule has 0 spiro atoms. The van der Waals surface area contributed by atoms with Gasteiger partial charge in [-0.3, -0.25) is 4.84 Å². The summed E-state index contributed by atoms with van der Waals surface area (Å²) in [6.45, 7) is 2.40. The molecule has 0 unspecified atom stereocenters. The maximum Gasteiger partial charge on any atom is 0.0681 e. The summed E-state index contributed by atoms with van der Waals surface area (Å²) in [5.41, 5.74) is 2.06. The van der Waals surface area contributed by atoms with Crippen molar-refractivity contribution in [3.63, 3.8) is 0 Å². The van der Waals surface area contributed by atoms with E-state index in [2.05, 4.69) is 27.7 Å². The lowest BCUT2D eigenvalue weighted by atomic mass is 10.9. The number of hydrogen-bond donors (Lipinski definition) is 2. The lowest BCUT2D eigenvalue weighted by molar-refractivity contribution is -0.0882. The summed E-state index contributed by atoms with van der Waals surface area (Å²) in [5, 5.41) is 0. The first-order valence-electron chi connectivity index (χ1n) is 1.59. The van der Waals surface area contributed by atoms with Gasteiger partial charge in [-0.25, -0.2) is 4.28 Å². The van der Waals surface area contributed by atoms with Crippen LogP contribution in [-0.2, 0) is 9.12 Å². The molecule has 0 amide bonds. The summed E-state index contributed by atoms with van der Waals surface area (Å²) >= 11 is 3.32. The van der Waals surface area contributed by atoms with Crippen LogP contribution in [0.15, 0.2) is 0 Å². The van der Waals surface area contributed by atoms with Crippen LogP contribution in [0.2, 0.25) is 0 Å². The van der Waals surface area contributed by atoms with Crippen molar-refractivity contribution >= 4 is 12.9 Å². The van der Waals surface area contributed by atoms with Crippen molar-refractivity contribution < 1.29 is 9.12 Å². The Balaban J connectivity index is 2.34. The Kier molecular flexibility index (Phi) is 5.43. The van der Waals surface area contributed by atoms with Crippen LogP contribution in [0.1, 0.15) is 6.92 Å². The largest absolute Gasteiger partial charge is 0.276 e. The Morgan fingerprint density at radius 3 is 2.67 bits per heavy atom. The molecule has 0 fully saturated rings. The third-order valence-electron chi connectivity index (χ3n) is 0.241. The van der Waals surface area contributed by atoms with Gasteiger partial charge in [-0.15, -0.1) is 0 Å². The zero-order valence-electron chi connectivity index (χ0n) is 3.47. The molecule has 0 aliphatic rings. The first kappa shape index (κ1) is 6.23. The first-order chi connectivity index (χ1) is 2.91. The molecular formula is C2H7NO2S. The highest BCUT2D eigenvalue weighted by atomic mass is 32.1. The van der Waals surface area contributed by atoms with Gasteiger partial charge in [-0.1, -0.05) is 5.64 Å². The van der Waals surface area contributed by atoms with E-state index in [1.165, 1.54) is 0 Å². The minimum atomic E-state index is 0.570. The summed E-state index contributed by atoms with van der Waals surface area (Å²) < 4.78 is 4.00. The highest BCUT2D eigenvalue weighted by Crippen LogP contribution is 1.68. The van der Waals surface area contributed by atoms with Crippen LogP contribution >= 0.6 is 12.9 Å². The Labute approximate surface area is 42.2 Å². The normalized spacial score (nSPS) is 9.00. The van der Waals surface area contributed by atoms with E-state index in [1.807, 2.05) is 6.92 Å². The third-order valence-corrected chi connectivity index (χ3v) is 0.315. The Morgan fingerprint density at radius 2 is 2.50 bits per heavy atom. The monoisotopic (exact) mass is 109 g/mol. The zero-order valence-corrected chi connectivity index (χ0v) is 4.37. The molecule has 0 radical (unpaired) electrons. The number of nitrogens with one attached hydrogen (secondary N) is 1. The van der Waals surface area contributed by atoms with Crippen molar-refractivity contribution in [2.75, 3.05) is 6.61 Å². The second-order valence-corrected chi connectivity index (χ2v) is 0.790. The SMILES string of the molecule is CCONOS. The van der Waals surface area contributed by atoms with Gasteiger partial charge in [0.25, 0.3) is 0 Å². The lowest BCUT2D eigenvalue weighted by Gasteiger charge is -1.93. The molecule has 3 nitrogen and oxygen atoms in total. The van der Waals surface area contributed by atoms with Crippen molar-refractivity contribution in [1.29, 1.82) is 0 Å². The number of rotatable bonds is 3. The minimum absolute atomic E-state index is 0.570. The van der Waals surface area contributed by atoms with E-state index in [4.69, 9.17) is 0 Å².